The van der Waals surface area contributed by atoms with Crippen molar-refractivity contribution >= 4 is 54.7 Å². The molecule has 1 N–H and O–H groups in total. The Morgan fingerprint density at radius 3 is 1.97 bits per heavy atom. The van der Waals surface area contributed by atoms with Crippen LogP contribution in [0.25, 0.3) is 0 Å². The summed E-state index contributed by atoms with van der Waals surface area (Å²) in [6.45, 7) is 1.38. The molecule has 7 nitrogen and oxygen atoms in total. The van der Waals surface area contributed by atoms with Crippen molar-refractivity contribution in [2.24, 2.45) is 0 Å². The van der Waals surface area contributed by atoms with Crippen molar-refractivity contribution in [2.75, 3.05) is 23.4 Å². The molecule has 0 spiro atoms. The summed E-state index contributed by atoms with van der Waals surface area (Å²) in [6, 6.07) is 10.0. The van der Waals surface area contributed by atoms with E-state index in [0.717, 1.165) is 16.8 Å². The number of amides is 1. The van der Waals surface area contributed by atoms with Crippen LogP contribution in [0.2, 0.25) is 10.0 Å². The van der Waals surface area contributed by atoms with Crippen LogP contribution in [0.4, 0.5) is 5.69 Å². The molecule has 0 aliphatic carbocycles. The van der Waals surface area contributed by atoms with Crippen molar-refractivity contribution in [3.8, 4) is 0 Å². The van der Waals surface area contributed by atoms with Gasteiger partial charge in [0.1, 0.15) is 6.54 Å². The normalized spacial score (nSPS) is 13.0. The second-order valence-corrected chi connectivity index (χ2v) is 11.6. The van der Waals surface area contributed by atoms with Gasteiger partial charge in [0.15, 0.2) is 9.84 Å². The molecule has 164 valence electrons. The lowest BCUT2D eigenvalue weighted by atomic mass is 10.0. The standard InChI is InChI=1S/C19H22Cl2N2O5S2/c1-4-18(13-5-7-17(8-6-13)29(2,25)26)22-19(24)12-23(30(3,27)28)16-10-14(20)9-15(21)11-16/h5-11,18H,4,12H2,1-3H3,(H,22,24). The van der Waals surface area contributed by atoms with Gasteiger partial charge in [0.05, 0.1) is 22.9 Å². The molecule has 0 bridgehead atoms. The minimum Gasteiger partial charge on any atom is -0.348 e. The van der Waals surface area contributed by atoms with E-state index >= 15 is 0 Å². The van der Waals surface area contributed by atoms with Gasteiger partial charge >= 0.3 is 0 Å². The SMILES string of the molecule is CCC(NC(=O)CN(c1cc(Cl)cc(Cl)c1)S(C)(=O)=O)c1ccc(S(C)(=O)=O)cc1. The lowest BCUT2D eigenvalue weighted by Gasteiger charge is -2.24. The van der Waals surface area contributed by atoms with Crippen LogP contribution < -0.4 is 9.62 Å². The molecule has 1 unspecified atom stereocenters. The van der Waals surface area contributed by atoms with Gasteiger partial charge < -0.3 is 5.32 Å². The van der Waals surface area contributed by atoms with Gasteiger partial charge in [-0.25, -0.2) is 16.8 Å². The molecule has 1 amide bonds. The van der Waals surface area contributed by atoms with Crippen LogP contribution in [0, 0.1) is 0 Å². The zero-order valence-corrected chi connectivity index (χ0v) is 19.7. The molecule has 2 aromatic rings. The molecular formula is C19H22Cl2N2O5S2. The maximum absolute atomic E-state index is 12.6. The predicted octanol–water partition coefficient (Wildman–Crippen LogP) is 3.43. The predicted molar refractivity (Wildman–Crippen MR) is 119 cm³/mol. The van der Waals surface area contributed by atoms with E-state index in [1.165, 1.54) is 30.3 Å². The molecule has 30 heavy (non-hydrogen) atoms. The van der Waals surface area contributed by atoms with E-state index in [4.69, 9.17) is 23.2 Å². The van der Waals surface area contributed by atoms with Crippen molar-refractivity contribution in [3.05, 3.63) is 58.1 Å². The highest BCUT2D eigenvalue weighted by Crippen LogP contribution is 2.27. The molecule has 0 heterocycles. The Labute approximate surface area is 187 Å². The third-order valence-corrected chi connectivity index (χ3v) is 6.98. The molecular weight excluding hydrogens is 471 g/mol. The first-order chi connectivity index (χ1) is 13.8. The number of sulfone groups is 1. The monoisotopic (exact) mass is 492 g/mol. The van der Waals surface area contributed by atoms with E-state index in [-0.39, 0.29) is 20.6 Å². The molecule has 2 aromatic carbocycles. The van der Waals surface area contributed by atoms with Crippen molar-refractivity contribution in [3.63, 3.8) is 0 Å². The van der Waals surface area contributed by atoms with Crippen LogP contribution in [0.15, 0.2) is 47.4 Å². The number of anilines is 1. The fourth-order valence-electron chi connectivity index (χ4n) is 2.82. The van der Waals surface area contributed by atoms with Gasteiger partial charge in [0.25, 0.3) is 0 Å². The number of hydrogen-bond acceptors (Lipinski definition) is 5. The topological polar surface area (TPSA) is 101 Å². The molecule has 2 rings (SSSR count). The number of hydrogen-bond donors (Lipinski definition) is 1. The highest BCUT2D eigenvalue weighted by atomic mass is 35.5. The average molecular weight is 493 g/mol. The molecule has 0 aliphatic heterocycles. The van der Waals surface area contributed by atoms with E-state index < -0.39 is 38.4 Å². The van der Waals surface area contributed by atoms with Crippen LogP contribution in [0.5, 0.6) is 0 Å². The number of rotatable bonds is 8. The Balaban J connectivity index is 2.23. The Bertz CT molecular complexity index is 1110. The van der Waals surface area contributed by atoms with E-state index in [9.17, 15) is 21.6 Å². The summed E-state index contributed by atoms with van der Waals surface area (Å²) < 4.78 is 48.6. The number of sulfonamides is 1. The van der Waals surface area contributed by atoms with Gasteiger partial charge in [-0.15, -0.1) is 0 Å². The lowest BCUT2D eigenvalue weighted by Crippen LogP contribution is -2.41. The number of carbonyl (C=O) groups is 1. The second kappa shape index (κ2) is 9.55. The molecule has 0 radical (unpaired) electrons. The summed E-state index contributed by atoms with van der Waals surface area (Å²) >= 11 is 11.9. The average Bonchev–Trinajstić information content (AvgIpc) is 2.62. The Morgan fingerprint density at radius 1 is 1.00 bits per heavy atom. The highest BCUT2D eigenvalue weighted by molar-refractivity contribution is 7.92. The van der Waals surface area contributed by atoms with E-state index in [1.807, 2.05) is 6.92 Å². The van der Waals surface area contributed by atoms with Crippen molar-refractivity contribution in [2.45, 2.75) is 24.3 Å². The molecule has 0 fully saturated rings. The number of nitrogens with zero attached hydrogens (tertiary/aromatic N) is 1. The largest absolute Gasteiger partial charge is 0.348 e. The Morgan fingerprint density at radius 2 is 1.53 bits per heavy atom. The van der Waals surface area contributed by atoms with Crippen molar-refractivity contribution < 1.29 is 21.6 Å². The first kappa shape index (κ1) is 24.5. The minimum atomic E-state index is -3.79. The zero-order chi connectivity index (χ0) is 22.7. The molecule has 0 aromatic heterocycles. The fourth-order valence-corrected chi connectivity index (χ4v) is 4.81. The quantitative estimate of drug-likeness (QED) is 0.608. The molecule has 0 saturated heterocycles. The van der Waals surface area contributed by atoms with Gasteiger partial charge in [-0.3, -0.25) is 9.10 Å². The Hall–Kier alpha value is -1.81. The summed E-state index contributed by atoms with van der Waals surface area (Å²) in [7, 11) is -7.11. The van der Waals surface area contributed by atoms with Gasteiger partial charge in [0, 0.05) is 16.3 Å². The summed E-state index contributed by atoms with van der Waals surface area (Å²) in [5.41, 5.74) is 0.880. The number of nitrogens with one attached hydrogen (secondary N) is 1. The summed E-state index contributed by atoms with van der Waals surface area (Å²) in [6.07, 6.45) is 2.62. The number of carbonyl (C=O) groups excluding carboxylic acids is 1. The third-order valence-electron chi connectivity index (χ3n) is 4.28. The number of halogens is 2. The van der Waals surface area contributed by atoms with Crippen LogP contribution in [-0.4, -0.2) is 41.8 Å². The van der Waals surface area contributed by atoms with Gasteiger partial charge in [-0.2, -0.15) is 0 Å². The Kier molecular flexibility index (Phi) is 7.79. The maximum Gasteiger partial charge on any atom is 0.241 e. The fraction of sp³-hybridized carbons (Fsp3) is 0.316. The molecule has 1 atom stereocenters. The first-order valence-electron chi connectivity index (χ1n) is 8.84. The van der Waals surface area contributed by atoms with Crippen molar-refractivity contribution in [1.82, 2.24) is 5.32 Å². The van der Waals surface area contributed by atoms with E-state index in [1.54, 1.807) is 12.1 Å². The van der Waals surface area contributed by atoms with Crippen LogP contribution in [0.3, 0.4) is 0 Å². The highest BCUT2D eigenvalue weighted by Gasteiger charge is 2.23. The molecule has 0 aliphatic rings. The smallest absolute Gasteiger partial charge is 0.241 e. The molecule has 11 heteroatoms. The second-order valence-electron chi connectivity index (χ2n) is 6.77. The summed E-state index contributed by atoms with van der Waals surface area (Å²) in [5.74, 6) is -0.532. The van der Waals surface area contributed by atoms with Crippen LogP contribution in [-0.2, 0) is 24.7 Å². The van der Waals surface area contributed by atoms with Crippen LogP contribution >= 0.6 is 23.2 Å². The van der Waals surface area contributed by atoms with Crippen molar-refractivity contribution in [1.29, 1.82) is 0 Å². The third kappa shape index (κ3) is 6.60. The first-order valence-corrected chi connectivity index (χ1v) is 13.3. The van der Waals surface area contributed by atoms with Crippen LogP contribution in [0.1, 0.15) is 24.9 Å². The summed E-state index contributed by atoms with van der Waals surface area (Å²) in [5, 5.41) is 3.26. The number of benzene rings is 2. The van der Waals surface area contributed by atoms with Gasteiger partial charge in [0.2, 0.25) is 15.9 Å². The maximum atomic E-state index is 12.6. The molecule has 0 saturated carbocycles. The van der Waals surface area contributed by atoms with E-state index in [2.05, 4.69) is 5.32 Å². The van der Waals surface area contributed by atoms with E-state index in [0.29, 0.717) is 12.0 Å². The summed E-state index contributed by atoms with van der Waals surface area (Å²) in [4.78, 5) is 12.8. The minimum absolute atomic E-state index is 0.175. The lowest BCUT2D eigenvalue weighted by molar-refractivity contribution is -0.120. The zero-order valence-electron chi connectivity index (χ0n) is 16.6. The van der Waals surface area contributed by atoms with Gasteiger partial charge in [-0.1, -0.05) is 42.3 Å². The van der Waals surface area contributed by atoms with Gasteiger partial charge in [-0.05, 0) is 42.3 Å².